The fraction of sp³-hybridized carbons (Fsp3) is 0.417. The molecule has 0 saturated heterocycles. The molecular weight excluding hydrogens is 192 g/mol. The second-order valence-electron chi connectivity index (χ2n) is 4.19. The van der Waals surface area contributed by atoms with Crippen LogP contribution in [0.15, 0.2) is 18.2 Å². The molecule has 1 aliphatic heterocycles. The summed E-state index contributed by atoms with van der Waals surface area (Å²) in [6, 6.07) is 4.65. The fourth-order valence-corrected chi connectivity index (χ4v) is 1.76. The Balaban J connectivity index is 2.45. The molecule has 1 N–H and O–H groups in total. The van der Waals surface area contributed by atoms with Crippen molar-refractivity contribution in [1.29, 1.82) is 0 Å². The molecule has 0 radical (unpaired) electrons. The van der Waals surface area contributed by atoms with E-state index in [1.165, 1.54) is 12.1 Å². The minimum atomic E-state index is -0.402. The Morgan fingerprint density at radius 1 is 1.53 bits per heavy atom. The standard InChI is InChI=1S/C12H14O3/c1-3-12(2)7-10(14)9-6-8(13)4-5-11(9)15-12/h4-6,13H,3,7H2,1-2H3/t12-/m1/s1. The van der Waals surface area contributed by atoms with Crippen molar-refractivity contribution in [2.24, 2.45) is 0 Å². The lowest BCUT2D eigenvalue weighted by molar-refractivity contribution is 0.0498. The topological polar surface area (TPSA) is 46.5 Å². The second kappa shape index (κ2) is 3.26. The molecule has 1 aromatic rings. The Kier molecular flexibility index (Phi) is 2.18. The maximum atomic E-state index is 11.8. The summed E-state index contributed by atoms with van der Waals surface area (Å²) in [5, 5.41) is 9.29. The zero-order valence-corrected chi connectivity index (χ0v) is 8.91. The van der Waals surface area contributed by atoms with Gasteiger partial charge < -0.3 is 9.84 Å². The number of benzene rings is 1. The number of aromatic hydroxyl groups is 1. The van der Waals surface area contributed by atoms with Gasteiger partial charge in [-0.3, -0.25) is 4.79 Å². The average Bonchev–Trinajstić information content (AvgIpc) is 2.20. The molecule has 3 nitrogen and oxygen atoms in total. The van der Waals surface area contributed by atoms with Crippen LogP contribution in [0.25, 0.3) is 0 Å². The fourth-order valence-electron chi connectivity index (χ4n) is 1.76. The highest BCUT2D eigenvalue weighted by Gasteiger charge is 2.34. The van der Waals surface area contributed by atoms with Crippen molar-refractivity contribution in [1.82, 2.24) is 0 Å². The monoisotopic (exact) mass is 206 g/mol. The minimum absolute atomic E-state index is 0.0384. The summed E-state index contributed by atoms with van der Waals surface area (Å²) in [6.45, 7) is 3.93. The number of ether oxygens (including phenoxy) is 1. The molecule has 3 heteroatoms. The number of rotatable bonds is 1. The third kappa shape index (κ3) is 1.69. The van der Waals surface area contributed by atoms with Gasteiger partial charge in [-0.15, -0.1) is 0 Å². The molecule has 0 spiro atoms. The van der Waals surface area contributed by atoms with Crippen LogP contribution in [0.5, 0.6) is 11.5 Å². The van der Waals surface area contributed by atoms with Crippen molar-refractivity contribution < 1.29 is 14.6 Å². The maximum absolute atomic E-state index is 11.8. The third-order valence-electron chi connectivity index (χ3n) is 2.90. The van der Waals surface area contributed by atoms with Crippen molar-refractivity contribution in [3.05, 3.63) is 23.8 Å². The highest BCUT2D eigenvalue weighted by atomic mass is 16.5. The highest BCUT2D eigenvalue weighted by Crippen LogP contribution is 2.36. The Morgan fingerprint density at radius 3 is 2.93 bits per heavy atom. The lowest BCUT2D eigenvalue weighted by atomic mass is 9.89. The van der Waals surface area contributed by atoms with E-state index in [1.54, 1.807) is 6.07 Å². The molecule has 0 bridgehead atoms. The number of carbonyl (C=O) groups is 1. The van der Waals surface area contributed by atoms with Gasteiger partial charge in [-0.1, -0.05) is 6.92 Å². The van der Waals surface area contributed by atoms with Gasteiger partial charge in [0.15, 0.2) is 5.78 Å². The van der Waals surface area contributed by atoms with Crippen LogP contribution in [0.4, 0.5) is 0 Å². The molecule has 1 aliphatic rings. The molecular formula is C12H14O3. The van der Waals surface area contributed by atoms with Crippen molar-refractivity contribution >= 4 is 5.78 Å². The summed E-state index contributed by atoms with van der Waals surface area (Å²) in [6.07, 6.45) is 1.17. The van der Waals surface area contributed by atoms with Crippen LogP contribution in [0.1, 0.15) is 37.0 Å². The van der Waals surface area contributed by atoms with Gasteiger partial charge in [0.25, 0.3) is 0 Å². The van der Waals surface area contributed by atoms with E-state index in [0.29, 0.717) is 17.7 Å². The SMILES string of the molecule is CC[C@]1(C)CC(=O)c2cc(O)ccc2O1. The van der Waals surface area contributed by atoms with Crippen LogP contribution < -0.4 is 4.74 Å². The quantitative estimate of drug-likeness (QED) is 0.768. The first-order valence-corrected chi connectivity index (χ1v) is 5.09. The van der Waals surface area contributed by atoms with E-state index in [2.05, 4.69) is 0 Å². The summed E-state index contributed by atoms with van der Waals surface area (Å²) >= 11 is 0. The summed E-state index contributed by atoms with van der Waals surface area (Å²) in [7, 11) is 0. The van der Waals surface area contributed by atoms with Crippen molar-refractivity contribution in [3.8, 4) is 11.5 Å². The average molecular weight is 206 g/mol. The molecule has 0 unspecified atom stereocenters. The normalized spacial score (nSPS) is 24.5. The van der Waals surface area contributed by atoms with Gasteiger partial charge in [0.1, 0.15) is 17.1 Å². The van der Waals surface area contributed by atoms with Crippen LogP contribution in [-0.4, -0.2) is 16.5 Å². The highest BCUT2D eigenvalue weighted by molar-refractivity contribution is 6.00. The molecule has 1 aromatic carbocycles. The molecule has 0 aromatic heterocycles. The van der Waals surface area contributed by atoms with Crippen LogP contribution in [-0.2, 0) is 0 Å². The Hall–Kier alpha value is -1.51. The lowest BCUT2D eigenvalue weighted by Gasteiger charge is -2.34. The van der Waals surface area contributed by atoms with Gasteiger partial charge >= 0.3 is 0 Å². The van der Waals surface area contributed by atoms with Crippen molar-refractivity contribution in [2.45, 2.75) is 32.3 Å². The van der Waals surface area contributed by atoms with Crippen molar-refractivity contribution in [2.75, 3.05) is 0 Å². The number of hydrogen-bond acceptors (Lipinski definition) is 3. The number of phenolic OH excluding ortho intramolecular Hbond substituents is 1. The van der Waals surface area contributed by atoms with E-state index in [1.807, 2.05) is 13.8 Å². The summed E-state index contributed by atoms with van der Waals surface area (Å²) in [4.78, 5) is 11.8. The predicted molar refractivity (Wildman–Crippen MR) is 56.4 cm³/mol. The van der Waals surface area contributed by atoms with E-state index in [4.69, 9.17) is 4.74 Å². The Morgan fingerprint density at radius 2 is 2.27 bits per heavy atom. The first-order valence-electron chi connectivity index (χ1n) is 5.09. The Labute approximate surface area is 88.7 Å². The number of hydrogen-bond donors (Lipinski definition) is 1. The maximum Gasteiger partial charge on any atom is 0.170 e. The molecule has 80 valence electrons. The number of Topliss-reactive ketones (excluding diaryl/α,β-unsaturated/α-hetero) is 1. The van der Waals surface area contributed by atoms with Crippen LogP contribution in [0, 0.1) is 0 Å². The smallest absolute Gasteiger partial charge is 0.170 e. The molecule has 0 fully saturated rings. The van der Waals surface area contributed by atoms with Crippen LogP contribution >= 0.6 is 0 Å². The summed E-state index contributed by atoms with van der Waals surface area (Å²) < 4.78 is 5.76. The second-order valence-corrected chi connectivity index (χ2v) is 4.19. The molecule has 1 heterocycles. The summed E-state index contributed by atoms with van der Waals surface area (Å²) in [5.41, 5.74) is 0.0852. The minimum Gasteiger partial charge on any atom is -0.508 e. The van der Waals surface area contributed by atoms with E-state index < -0.39 is 5.60 Å². The zero-order chi connectivity index (χ0) is 11.1. The number of fused-ring (bicyclic) bond motifs is 1. The largest absolute Gasteiger partial charge is 0.508 e. The molecule has 0 saturated carbocycles. The Bertz CT molecular complexity index is 411. The summed E-state index contributed by atoms with van der Waals surface area (Å²) in [5.74, 6) is 0.718. The van der Waals surface area contributed by atoms with Gasteiger partial charge in [0.2, 0.25) is 0 Å². The first-order chi connectivity index (χ1) is 7.04. The van der Waals surface area contributed by atoms with Gasteiger partial charge in [0.05, 0.1) is 12.0 Å². The van der Waals surface area contributed by atoms with Gasteiger partial charge in [-0.05, 0) is 31.5 Å². The number of carbonyl (C=O) groups excluding carboxylic acids is 1. The zero-order valence-electron chi connectivity index (χ0n) is 8.91. The lowest BCUT2D eigenvalue weighted by Crippen LogP contribution is -2.38. The molecule has 0 amide bonds. The van der Waals surface area contributed by atoms with Gasteiger partial charge in [0, 0.05) is 0 Å². The third-order valence-corrected chi connectivity index (χ3v) is 2.90. The van der Waals surface area contributed by atoms with E-state index in [0.717, 1.165) is 6.42 Å². The van der Waals surface area contributed by atoms with Gasteiger partial charge in [-0.2, -0.15) is 0 Å². The number of ketones is 1. The van der Waals surface area contributed by atoms with E-state index in [9.17, 15) is 9.90 Å². The first kappa shape index (κ1) is 10.0. The van der Waals surface area contributed by atoms with Crippen LogP contribution in [0.3, 0.4) is 0 Å². The molecule has 15 heavy (non-hydrogen) atoms. The van der Waals surface area contributed by atoms with Crippen molar-refractivity contribution in [3.63, 3.8) is 0 Å². The predicted octanol–water partition coefficient (Wildman–Crippen LogP) is 2.53. The van der Waals surface area contributed by atoms with E-state index in [-0.39, 0.29) is 11.5 Å². The molecule has 1 atom stereocenters. The molecule has 0 aliphatic carbocycles. The molecule has 2 rings (SSSR count). The van der Waals surface area contributed by atoms with Crippen LogP contribution in [0.2, 0.25) is 0 Å². The van der Waals surface area contributed by atoms with Gasteiger partial charge in [-0.25, -0.2) is 0 Å². The number of phenols is 1. The van der Waals surface area contributed by atoms with E-state index >= 15 is 0 Å².